The van der Waals surface area contributed by atoms with Crippen molar-refractivity contribution in [3.63, 3.8) is 0 Å². The van der Waals surface area contributed by atoms with Gasteiger partial charge in [0.2, 0.25) is 5.91 Å². The number of carbonyl (C=O) groups excluding carboxylic acids is 1. The highest BCUT2D eigenvalue weighted by Gasteiger charge is 2.21. The molecule has 3 nitrogen and oxygen atoms in total. The Hall–Kier alpha value is -1.90. The monoisotopic (exact) mass is 228 g/mol. The minimum atomic E-state index is -0.00761. The van der Waals surface area contributed by atoms with Gasteiger partial charge in [-0.3, -0.25) is 4.79 Å². The molecular weight excluding hydrogens is 212 g/mol. The second-order valence-electron chi connectivity index (χ2n) is 4.26. The van der Waals surface area contributed by atoms with Crippen LogP contribution >= 0.6 is 0 Å². The number of benzene rings is 1. The Morgan fingerprint density at radius 2 is 2.06 bits per heavy atom. The molecule has 0 bridgehead atoms. The van der Waals surface area contributed by atoms with Gasteiger partial charge in [-0.1, -0.05) is 43.3 Å². The molecule has 0 saturated carbocycles. The smallest absolute Gasteiger partial charge is 0.240 e. The fraction of sp³-hybridized carbons (Fsp3) is 0.286. The van der Waals surface area contributed by atoms with Crippen molar-refractivity contribution in [1.29, 1.82) is 0 Å². The number of hydrazone groups is 1. The first-order valence-corrected chi connectivity index (χ1v) is 5.80. The first kappa shape index (κ1) is 11.6. The van der Waals surface area contributed by atoms with E-state index in [1.807, 2.05) is 32.1 Å². The first-order valence-electron chi connectivity index (χ1n) is 5.80. The predicted octanol–water partition coefficient (Wildman–Crippen LogP) is 2.58. The minimum Gasteiger partial charge on any atom is -0.273 e. The molecule has 1 heterocycles. The number of nitrogens with one attached hydrogen (secondary N) is 1. The molecule has 0 fully saturated rings. The Morgan fingerprint density at radius 1 is 1.35 bits per heavy atom. The third-order valence-electron chi connectivity index (χ3n) is 2.82. The quantitative estimate of drug-likeness (QED) is 0.830. The van der Waals surface area contributed by atoms with E-state index in [9.17, 15) is 4.79 Å². The molecular formula is C14H16N2O. The molecule has 0 aliphatic carbocycles. The zero-order valence-electron chi connectivity index (χ0n) is 10.1. The highest BCUT2D eigenvalue weighted by molar-refractivity contribution is 6.05. The summed E-state index contributed by atoms with van der Waals surface area (Å²) >= 11 is 0. The van der Waals surface area contributed by atoms with Crippen LogP contribution in [0.4, 0.5) is 0 Å². The molecule has 3 heteroatoms. The van der Waals surface area contributed by atoms with Crippen molar-refractivity contribution in [2.45, 2.75) is 20.3 Å². The summed E-state index contributed by atoms with van der Waals surface area (Å²) in [6, 6.07) is 8.20. The molecule has 17 heavy (non-hydrogen) atoms. The topological polar surface area (TPSA) is 41.5 Å². The summed E-state index contributed by atoms with van der Waals surface area (Å²) in [4.78, 5) is 11.2. The molecule has 1 amide bonds. The number of hydrogen-bond acceptors (Lipinski definition) is 2. The molecule has 1 N–H and O–H groups in total. The lowest BCUT2D eigenvalue weighted by Crippen LogP contribution is -2.31. The van der Waals surface area contributed by atoms with E-state index in [4.69, 9.17) is 0 Å². The van der Waals surface area contributed by atoms with Crippen LogP contribution in [-0.4, -0.2) is 11.6 Å². The predicted molar refractivity (Wildman–Crippen MR) is 69.6 cm³/mol. The van der Waals surface area contributed by atoms with E-state index < -0.39 is 0 Å². The number of rotatable bonds is 2. The van der Waals surface area contributed by atoms with E-state index in [1.165, 1.54) is 5.56 Å². The van der Waals surface area contributed by atoms with Gasteiger partial charge in [0.1, 0.15) is 0 Å². The van der Waals surface area contributed by atoms with E-state index >= 15 is 0 Å². The van der Waals surface area contributed by atoms with Crippen LogP contribution in [0.1, 0.15) is 31.4 Å². The third-order valence-corrected chi connectivity index (χ3v) is 2.82. The maximum absolute atomic E-state index is 11.2. The average Bonchev–Trinajstić information content (AvgIpc) is 2.31. The SMILES string of the molecule is C/C=C/c1ccc(C2=NNC(=O)C[C@H]2C)cc1. The molecule has 1 aliphatic rings. The third kappa shape index (κ3) is 2.61. The van der Waals surface area contributed by atoms with Gasteiger partial charge in [0.15, 0.2) is 0 Å². The van der Waals surface area contributed by atoms with Crippen LogP contribution in [0, 0.1) is 5.92 Å². The van der Waals surface area contributed by atoms with Gasteiger partial charge in [0, 0.05) is 12.3 Å². The average molecular weight is 228 g/mol. The van der Waals surface area contributed by atoms with Crippen molar-refractivity contribution in [3.05, 3.63) is 41.5 Å². The van der Waals surface area contributed by atoms with Crippen molar-refractivity contribution in [2.24, 2.45) is 11.0 Å². The van der Waals surface area contributed by atoms with E-state index in [-0.39, 0.29) is 11.8 Å². The molecule has 1 atom stereocenters. The number of amides is 1. The van der Waals surface area contributed by atoms with E-state index in [2.05, 4.69) is 28.7 Å². The van der Waals surface area contributed by atoms with Gasteiger partial charge in [-0.25, -0.2) is 5.43 Å². The Labute approximate surface area is 101 Å². The van der Waals surface area contributed by atoms with Crippen molar-refractivity contribution >= 4 is 17.7 Å². The molecule has 88 valence electrons. The summed E-state index contributed by atoms with van der Waals surface area (Å²) in [6.07, 6.45) is 4.57. The summed E-state index contributed by atoms with van der Waals surface area (Å²) in [6.45, 7) is 4.02. The van der Waals surface area contributed by atoms with Crippen LogP contribution in [-0.2, 0) is 4.79 Å². The first-order chi connectivity index (χ1) is 8.20. The normalized spacial score (nSPS) is 20.2. The molecule has 1 aromatic carbocycles. The number of nitrogens with zero attached hydrogens (tertiary/aromatic N) is 1. The van der Waals surface area contributed by atoms with Gasteiger partial charge in [-0.15, -0.1) is 0 Å². The lowest BCUT2D eigenvalue weighted by atomic mass is 9.93. The molecule has 0 aromatic heterocycles. The second kappa shape index (κ2) is 4.95. The standard InChI is InChI=1S/C14H16N2O/c1-3-4-11-5-7-12(8-6-11)14-10(2)9-13(17)15-16-14/h3-8,10H,9H2,1-2H3,(H,15,17)/b4-3+/t10-/m1/s1. The summed E-state index contributed by atoms with van der Waals surface area (Å²) in [7, 11) is 0. The van der Waals surface area contributed by atoms with Gasteiger partial charge in [0.05, 0.1) is 5.71 Å². The van der Waals surface area contributed by atoms with Crippen molar-refractivity contribution in [3.8, 4) is 0 Å². The zero-order valence-corrected chi connectivity index (χ0v) is 10.1. The van der Waals surface area contributed by atoms with Crippen LogP contribution in [0.5, 0.6) is 0 Å². The summed E-state index contributed by atoms with van der Waals surface area (Å²) in [5.74, 6) is 0.170. The van der Waals surface area contributed by atoms with Crippen LogP contribution < -0.4 is 5.43 Å². The van der Waals surface area contributed by atoms with Crippen LogP contribution in [0.15, 0.2) is 35.4 Å². The maximum Gasteiger partial charge on any atom is 0.240 e. The molecule has 2 rings (SSSR count). The Bertz CT molecular complexity index is 472. The molecule has 0 saturated heterocycles. The van der Waals surface area contributed by atoms with Crippen molar-refractivity contribution in [2.75, 3.05) is 0 Å². The highest BCUT2D eigenvalue weighted by atomic mass is 16.2. The van der Waals surface area contributed by atoms with Crippen molar-refractivity contribution in [1.82, 2.24) is 5.43 Å². The lowest BCUT2D eigenvalue weighted by molar-refractivity contribution is -0.121. The Balaban J connectivity index is 2.25. The molecule has 0 radical (unpaired) electrons. The fourth-order valence-electron chi connectivity index (χ4n) is 1.96. The van der Waals surface area contributed by atoms with Crippen LogP contribution in [0.3, 0.4) is 0 Å². The van der Waals surface area contributed by atoms with Gasteiger partial charge in [-0.2, -0.15) is 5.10 Å². The fourth-order valence-corrected chi connectivity index (χ4v) is 1.96. The zero-order chi connectivity index (χ0) is 12.3. The molecule has 0 spiro atoms. The highest BCUT2D eigenvalue weighted by Crippen LogP contribution is 2.17. The van der Waals surface area contributed by atoms with Crippen LogP contribution in [0.2, 0.25) is 0 Å². The summed E-state index contributed by atoms with van der Waals surface area (Å²) in [5, 5.41) is 4.14. The molecule has 1 aliphatic heterocycles. The van der Waals surface area contributed by atoms with E-state index in [0.29, 0.717) is 6.42 Å². The number of allylic oxidation sites excluding steroid dienone is 1. The summed E-state index contributed by atoms with van der Waals surface area (Å²) in [5.41, 5.74) is 5.74. The lowest BCUT2D eigenvalue weighted by Gasteiger charge is -2.19. The van der Waals surface area contributed by atoms with Crippen molar-refractivity contribution < 1.29 is 4.79 Å². The van der Waals surface area contributed by atoms with Gasteiger partial charge >= 0.3 is 0 Å². The van der Waals surface area contributed by atoms with E-state index in [0.717, 1.165) is 11.3 Å². The summed E-state index contributed by atoms with van der Waals surface area (Å²) < 4.78 is 0. The van der Waals surface area contributed by atoms with E-state index in [1.54, 1.807) is 0 Å². The van der Waals surface area contributed by atoms with Gasteiger partial charge in [0.25, 0.3) is 0 Å². The van der Waals surface area contributed by atoms with Gasteiger partial charge < -0.3 is 0 Å². The second-order valence-corrected chi connectivity index (χ2v) is 4.26. The Morgan fingerprint density at radius 3 is 2.65 bits per heavy atom. The minimum absolute atomic E-state index is 0.00761. The van der Waals surface area contributed by atoms with Crippen LogP contribution in [0.25, 0.3) is 6.08 Å². The number of carbonyl (C=O) groups is 1. The van der Waals surface area contributed by atoms with Gasteiger partial charge in [-0.05, 0) is 18.1 Å². The largest absolute Gasteiger partial charge is 0.273 e. The Kier molecular flexibility index (Phi) is 3.38. The number of hydrogen-bond donors (Lipinski definition) is 1. The molecule has 0 unspecified atom stereocenters. The molecule has 1 aromatic rings. The maximum atomic E-state index is 11.2.